The highest BCUT2D eigenvalue weighted by molar-refractivity contribution is 6.31. The Hall–Kier alpha value is -3.44. The fraction of sp³-hybridized carbons (Fsp3) is 0.0870. The number of aromatic nitrogens is 3. The molecule has 2 aromatic carbocycles. The van der Waals surface area contributed by atoms with Crippen LogP contribution in [0.25, 0.3) is 16.8 Å². The van der Waals surface area contributed by atoms with Crippen molar-refractivity contribution < 1.29 is 4.79 Å². The average molecular weight is 405 g/mol. The lowest BCUT2D eigenvalue weighted by molar-refractivity contribution is 0.103. The van der Waals surface area contributed by atoms with Gasteiger partial charge in [-0.2, -0.15) is 5.10 Å². The molecule has 0 aliphatic carbocycles. The van der Waals surface area contributed by atoms with Crippen LogP contribution in [-0.4, -0.2) is 20.5 Å². The molecule has 0 unspecified atom stereocenters. The zero-order valence-electron chi connectivity index (χ0n) is 15.1. The molecule has 0 saturated heterocycles. The van der Waals surface area contributed by atoms with Gasteiger partial charge in [-0.3, -0.25) is 9.78 Å². The van der Waals surface area contributed by atoms with Gasteiger partial charge < -0.3 is 5.73 Å². The number of nitrogen functional groups attached to an aromatic ring is 1. The van der Waals surface area contributed by atoms with Gasteiger partial charge in [0.25, 0.3) is 0 Å². The van der Waals surface area contributed by atoms with Crippen LogP contribution in [0.5, 0.6) is 0 Å². The molecule has 2 N–H and O–H groups in total. The van der Waals surface area contributed by atoms with Crippen LogP contribution in [0, 0.1) is 6.92 Å². The molecular formula is C23H21ClN4O. The maximum Gasteiger partial charge on any atom is 0.198 e. The van der Waals surface area contributed by atoms with Crippen LogP contribution in [0.15, 0.2) is 73.2 Å². The summed E-state index contributed by atoms with van der Waals surface area (Å²) in [6, 6.07) is 16.7. The lowest BCUT2D eigenvalue weighted by Crippen LogP contribution is -2.07. The normalized spacial score (nSPS) is 10.4. The predicted octanol–water partition coefficient (Wildman–Crippen LogP) is 5.35. The Morgan fingerprint density at radius 1 is 1.03 bits per heavy atom. The highest BCUT2D eigenvalue weighted by atomic mass is 35.5. The lowest BCUT2D eigenvalue weighted by atomic mass is 10.00. The minimum atomic E-state index is -0.187. The van der Waals surface area contributed by atoms with E-state index in [1.807, 2.05) is 49.4 Å². The number of benzene rings is 2. The molecule has 4 rings (SSSR count). The fourth-order valence-corrected chi connectivity index (χ4v) is 3.16. The third kappa shape index (κ3) is 3.91. The number of hydrogen-bond acceptors (Lipinski definition) is 4. The lowest BCUT2D eigenvalue weighted by Gasteiger charge is -2.07. The van der Waals surface area contributed by atoms with E-state index < -0.39 is 0 Å². The van der Waals surface area contributed by atoms with E-state index in [1.54, 1.807) is 24.5 Å². The second kappa shape index (κ2) is 8.29. The van der Waals surface area contributed by atoms with Gasteiger partial charge in [0.1, 0.15) is 5.82 Å². The summed E-state index contributed by atoms with van der Waals surface area (Å²) in [5.41, 5.74) is 10.6. The molecule has 0 amide bonds. The summed E-state index contributed by atoms with van der Waals surface area (Å²) in [5.74, 6) is 0.0874. The number of ketones is 1. The van der Waals surface area contributed by atoms with E-state index in [1.165, 1.54) is 10.9 Å². The summed E-state index contributed by atoms with van der Waals surface area (Å²) in [6.07, 6.45) is 4.96. The number of pyridine rings is 1. The van der Waals surface area contributed by atoms with E-state index in [0.29, 0.717) is 21.8 Å². The Bertz CT molecular complexity index is 1170. The maximum absolute atomic E-state index is 13.0. The van der Waals surface area contributed by atoms with Gasteiger partial charge in [-0.05, 0) is 42.3 Å². The van der Waals surface area contributed by atoms with E-state index in [0.717, 1.165) is 16.7 Å². The fourth-order valence-electron chi connectivity index (χ4n) is 2.98. The zero-order chi connectivity index (χ0) is 19.7. The summed E-state index contributed by atoms with van der Waals surface area (Å²) in [5, 5.41) is 4.90. The smallest absolute Gasteiger partial charge is 0.198 e. The van der Waals surface area contributed by atoms with E-state index >= 15 is 0 Å². The van der Waals surface area contributed by atoms with E-state index in [-0.39, 0.29) is 19.0 Å². The minimum Gasteiger partial charge on any atom is -0.383 e. The Kier molecular flexibility index (Phi) is 5.80. The molecule has 2 heterocycles. The molecular weight excluding hydrogens is 384 g/mol. The van der Waals surface area contributed by atoms with Crippen molar-refractivity contribution >= 4 is 23.2 Å². The summed E-state index contributed by atoms with van der Waals surface area (Å²) >= 11 is 6.20. The third-order valence-corrected chi connectivity index (χ3v) is 4.98. The molecule has 0 bridgehead atoms. The highest BCUT2D eigenvalue weighted by Gasteiger charge is 2.18. The van der Waals surface area contributed by atoms with Crippen LogP contribution in [-0.2, 0) is 0 Å². The molecule has 6 heteroatoms. The number of hydrogen-bond donors (Lipinski definition) is 1. The Balaban J connectivity index is 0.00000240. The second-order valence-electron chi connectivity index (χ2n) is 6.44. The summed E-state index contributed by atoms with van der Waals surface area (Å²) in [7, 11) is 0. The molecule has 0 aliphatic heterocycles. The summed E-state index contributed by atoms with van der Waals surface area (Å²) < 4.78 is 1.52. The van der Waals surface area contributed by atoms with Crippen molar-refractivity contribution in [1.29, 1.82) is 0 Å². The molecule has 0 fully saturated rings. The minimum absolute atomic E-state index is 0. The van der Waals surface area contributed by atoms with Crippen molar-refractivity contribution in [2.24, 2.45) is 0 Å². The number of anilines is 1. The first-order valence-electron chi connectivity index (χ1n) is 8.70. The van der Waals surface area contributed by atoms with Crippen molar-refractivity contribution in [3.8, 4) is 16.8 Å². The van der Waals surface area contributed by atoms with Gasteiger partial charge in [-0.25, -0.2) is 4.68 Å². The third-order valence-electron chi connectivity index (χ3n) is 4.57. The van der Waals surface area contributed by atoms with Gasteiger partial charge in [0.2, 0.25) is 0 Å². The first-order valence-corrected chi connectivity index (χ1v) is 9.07. The van der Waals surface area contributed by atoms with Gasteiger partial charge in [0.05, 0.1) is 17.4 Å². The van der Waals surface area contributed by atoms with Crippen LogP contribution < -0.4 is 5.73 Å². The summed E-state index contributed by atoms with van der Waals surface area (Å²) in [4.78, 5) is 17.2. The van der Waals surface area contributed by atoms with E-state index in [2.05, 4.69) is 10.1 Å². The molecule has 0 saturated carbocycles. The number of carbonyl (C=O) groups is 1. The molecule has 5 nitrogen and oxygen atoms in total. The molecule has 0 aliphatic rings. The molecule has 4 aromatic rings. The van der Waals surface area contributed by atoms with Crippen LogP contribution in [0.2, 0.25) is 5.02 Å². The molecule has 0 atom stereocenters. The Labute approximate surface area is 174 Å². The molecule has 29 heavy (non-hydrogen) atoms. The molecule has 0 spiro atoms. The van der Waals surface area contributed by atoms with Crippen LogP contribution in [0.4, 0.5) is 5.82 Å². The number of carbonyl (C=O) groups excluding carboxylic acids is 1. The van der Waals surface area contributed by atoms with Gasteiger partial charge in [0.15, 0.2) is 5.78 Å². The van der Waals surface area contributed by atoms with E-state index in [9.17, 15) is 4.79 Å². The standard InChI is InChI=1S/C22H17ClN4O.CH4/c1-14-7-8-18(11-20(14)23)27-22(24)19(13-26-27)21(28)16-5-2-4-15(10-16)17-6-3-9-25-12-17;/h2-13H,24H2,1H3;1H4. The van der Waals surface area contributed by atoms with Crippen molar-refractivity contribution in [2.45, 2.75) is 14.4 Å². The van der Waals surface area contributed by atoms with Crippen LogP contribution in [0.1, 0.15) is 28.9 Å². The number of nitrogens with two attached hydrogens (primary N) is 1. The SMILES string of the molecule is C.Cc1ccc(-n2ncc(C(=O)c3cccc(-c4cccnc4)c3)c2N)cc1Cl. The predicted molar refractivity (Wildman–Crippen MR) is 118 cm³/mol. The average Bonchev–Trinajstić information content (AvgIpc) is 3.11. The topological polar surface area (TPSA) is 73.8 Å². The maximum atomic E-state index is 13.0. The van der Waals surface area contributed by atoms with Gasteiger partial charge in [-0.15, -0.1) is 0 Å². The van der Waals surface area contributed by atoms with Crippen molar-refractivity contribution in [2.75, 3.05) is 5.73 Å². The van der Waals surface area contributed by atoms with Crippen molar-refractivity contribution in [3.05, 3.63) is 94.9 Å². The van der Waals surface area contributed by atoms with Gasteiger partial charge in [0, 0.05) is 28.5 Å². The largest absolute Gasteiger partial charge is 0.383 e. The van der Waals surface area contributed by atoms with Gasteiger partial charge >= 0.3 is 0 Å². The number of aryl methyl sites for hydroxylation is 1. The molecule has 146 valence electrons. The van der Waals surface area contributed by atoms with Crippen molar-refractivity contribution in [1.82, 2.24) is 14.8 Å². The monoisotopic (exact) mass is 404 g/mol. The van der Waals surface area contributed by atoms with Crippen molar-refractivity contribution in [3.63, 3.8) is 0 Å². The zero-order valence-corrected chi connectivity index (χ0v) is 15.9. The van der Waals surface area contributed by atoms with Crippen LogP contribution in [0.3, 0.4) is 0 Å². The van der Waals surface area contributed by atoms with E-state index in [4.69, 9.17) is 17.3 Å². The number of nitrogens with zero attached hydrogens (tertiary/aromatic N) is 3. The number of halogens is 1. The Morgan fingerprint density at radius 3 is 2.55 bits per heavy atom. The first-order chi connectivity index (χ1) is 13.5. The Morgan fingerprint density at radius 2 is 1.83 bits per heavy atom. The first kappa shape index (κ1) is 20.3. The molecule has 0 radical (unpaired) electrons. The number of rotatable bonds is 4. The second-order valence-corrected chi connectivity index (χ2v) is 6.85. The van der Waals surface area contributed by atoms with Crippen LogP contribution >= 0.6 is 11.6 Å². The summed E-state index contributed by atoms with van der Waals surface area (Å²) in [6.45, 7) is 1.92. The highest BCUT2D eigenvalue weighted by Crippen LogP contribution is 2.25. The molecule has 2 aromatic heterocycles. The van der Waals surface area contributed by atoms with Gasteiger partial charge in [-0.1, -0.05) is 49.4 Å². The quantitative estimate of drug-likeness (QED) is 0.465.